The van der Waals surface area contributed by atoms with Gasteiger partial charge >= 0.3 is 0 Å². The molecule has 0 amide bonds. The zero-order valence-corrected chi connectivity index (χ0v) is 11.5. The molecule has 2 rings (SSSR count). The molecule has 1 N–H and O–H groups in total. The Morgan fingerprint density at radius 2 is 2.32 bits per heavy atom. The molecule has 1 saturated heterocycles. The van der Waals surface area contributed by atoms with Crippen LogP contribution in [-0.2, 0) is 14.8 Å². The number of hydrogen-bond acceptors (Lipinski definition) is 4. The standard InChI is InChI=1S/C13H16N2O3S/c1-10-7-13(5-4-11(10)8-14)19(16,17)15-9-12-3-2-6-18-12/h4-5,7,12,15H,2-3,6,9H2,1H3. The molecule has 0 aliphatic carbocycles. The molecule has 1 heterocycles. The Hall–Kier alpha value is -1.42. The Balaban J connectivity index is 2.10. The predicted molar refractivity (Wildman–Crippen MR) is 70.1 cm³/mol. The molecule has 0 saturated carbocycles. The maximum Gasteiger partial charge on any atom is 0.240 e. The van der Waals surface area contributed by atoms with Crippen molar-refractivity contribution in [2.75, 3.05) is 13.2 Å². The summed E-state index contributed by atoms with van der Waals surface area (Å²) in [7, 11) is -3.53. The summed E-state index contributed by atoms with van der Waals surface area (Å²) >= 11 is 0. The van der Waals surface area contributed by atoms with Gasteiger partial charge in [0.1, 0.15) is 0 Å². The second-order valence-corrected chi connectivity index (χ2v) is 6.34. The Bertz CT molecular complexity index is 599. The SMILES string of the molecule is Cc1cc(S(=O)(=O)NCC2CCCO2)ccc1C#N. The van der Waals surface area contributed by atoms with E-state index in [9.17, 15) is 8.42 Å². The molecule has 1 fully saturated rings. The van der Waals surface area contributed by atoms with Gasteiger partial charge in [-0.05, 0) is 43.5 Å². The molecular formula is C13H16N2O3S. The molecule has 6 heteroatoms. The van der Waals surface area contributed by atoms with E-state index >= 15 is 0 Å². The Morgan fingerprint density at radius 1 is 1.53 bits per heavy atom. The van der Waals surface area contributed by atoms with Gasteiger partial charge in [0.15, 0.2) is 0 Å². The molecule has 1 aromatic carbocycles. The summed E-state index contributed by atoms with van der Waals surface area (Å²) in [6.07, 6.45) is 1.83. The van der Waals surface area contributed by atoms with Crippen LogP contribution in [0.2, 0.25) is 0 Å². The van der Waals surface area contributed by atoms with Crippen LogP contribution in [-0.4, -0.2) is 27.7 Å². The summed E-state index contributed by atoms with van der Waals surface area (Å²) < 4.78 is 32.1. The van der Waals surface area contributed by atoms with E-state index in [0.717, 1.165) is 12.8 Å². The van der Waals surface area contributed by atoms with Crippen molar-refractivity contribution in [1.29, 1.82) is 5.26 Å². The van der Waals surface area contributed by atoms with E-state index in [2.05, 4.69) is 4.72 Å². The largest absolute Gasteiger partial charge is 0.377 e. The fourth-order valence-electron chi connectivity index (χ4n) is 2.02. The number of sulfonamides is 1. The van der Waals surface area contributed by atoms with Crippen LogP contribution in [0.4, 0.5) is 0 Å². The first-order chi connectivity index (χ1) is 9.03. The van der Waals surface area contributed by atoms with Crippen LogP contribution in [0.3, 0.4) is 0 Å². The number of hydrogen-bond donors (Lipinski definition) is 1. The van der Waals surface area contributed by atoms with Crippen LogP contribution in [0.25, 0.3) is 0 Å². The van der Waals surface area contributed by atoms with E-state index in [1.165, 1.54) is 18.2 Å². The van der Waals surface area contributed by atoms with Gasteiger partial charge in [-0.1, -0.05) is 0 Å². The van der Waals surface area contributed by atoms with Crippen molar-refractivity contribution in [1.82, 2.24) is 4.72 Å². The Labute approximate surface area is 113 Å². The molecule has 0 radical (unpaired) electrons. The summed E-state index contributed by atoms with van der Waals surface area (Å²) in [4.78, 5) is 0.182. The fraction of sp³-hybridized carbons (Fsp3) is 0.462. The maximum atomic E-state index is 12.1. The number of benzene rings is 1. The van der Waals surface area contributed by atoms with Gasteiger partial charge in [0.05, 0.1) is 22.6 Å². The molecule has 1 unspecified atom stereocenters. The predicted octanol–water partition coefficient (Wildman–Crippen LogP) is 1.32. The van der Waals surface area contributed by atoms with E-state index in [4.69, 9.17) is 10.00 Å². The van der Waals surface area contributed by atoms with E-state index in [1.807, 2.05) is 6.07 Å². The molecule has 0 spiro atoms. The lowest BCUT2D eigenvalue weighted by Gasteiger charge is -2.12. The van der Waals surface area contributed by atoms with Gasteiger partial charge in [-0.2, -0.15) is 5.26 Å². The van der Waals surface area contributed by atoms with Gasteiger partial charge in [-0.15, -0.1) is 0 Å². The minimum atomic E-state index is -3.53. The third kappa shape index (κ3) is 3.32. The molecule has 1 aromatic rings. The highest BCUT2D eigenvalue weighted by atomic mass is 32.2. The number of rotatable bonds is 4. The summed E-state index contributed by atoms with van der Waals surface area (Å²) in [6.45, 7) is 2.71. The van der Waals surface area contributed by atoms with Crippen LogP contribution < -0.4 is 4.72 Å². The highest BCUT2D eigenvalue weighted by Gasteiger charge is 2.20. The van der Waals surface area contributed by atoms with E-state index in [0.29, 0.717) is 24.3 Å². The molecule has 19 heavy (non-hydrogen) atoms. The zero-order valence-electron chi connectivity index (χ0n) is 10.7. The van der Waals surface area contributed by atoms with Crippen LogP contribution in [0.5, 0.6) is 0 Å². The zero-order chi connectivity index (χ0) is 13.9. The first-order valence-electron chi connectivity index (χ1n) is 6.15. The molecule has 0 bridgehead atoms. The Kier molecular flexibility index (Phi) is 4.20. The molecule has 1 atom stereocenters. The van der Waals surface area contributed by atoms with Gasteiger partial charge in [0.25, 0.3) is 0 Å². The summed E-state index contributed by atoms with van der Waals surface area (Å²) in [5.41, 5.74) is 1.14. The third-order valence-corrected chi connectivity index (χ3v) is 4.57. The second-order valence-electron chi connectivity index (χ2n) is 4.58. The van der Waals surface area contributed by atoms with Crippen molar-refractivity contribution in [3.05, 3.63) is 29.3 Å². The number of aryl methyl sites for hydroxylation is 1. The third-order valence-electron chi connectivity index (χ3n) is 3.15. The molecule has 1 aliphatic rings. The number of nitriles is 1. The van der Waals surface area contributed by atoms with Crippen LogP contribution in [0.15, 0.2) is 23.1 Å². The van der Waals surface area contributed by atoms with Gasteiger partial charge in [-0.25, -0.2) is 13.1 Å². The summed E-state index contributed by atoms with van der Waals surface area (Å²) in [6, 6.07) is 6.50. The van der Waals surface area contributed by atoms with Crippen molar-refractivity contribution >= 4 is 10.0 Å². The maximum absolute atomic E-state index is 12.1. The minimum Gasteiger partial charge on any atom is -0.377 e. The Morgan fingerprint density at radius 3 is 2.89 bits per heavy atom. The van der Waals surface area contributed by atoms with Gasteiger partial charge < -0.3 is 4.74 Å². The lowest BCUT2D eigenvalue weighted by atomic mass is 10.1. The van der Waals surface area contributed by atoms with Crippen LogP contribution in [0, 0.1) is 18.3 Å². The van der Waals surface area contributed by atoms with Crippen LogP contribution in [0.1, 0.15) is 24.0 Å². The van der Waals surface area contributed by atoms with E-state index in [1.54, 1.807) is 6.92 Å². The van der Waals surface area contributed by atoms with E-state index < -0.39 is 10.0 Å². The van der Waals surface area contributed by atoms with Crippen molar-refractivity contribution in [3.63, 3.8) is 0 Å². The molecule has 1 aliphatic heterocycles. The monoisotopic (exact) mass is 280 g/mol. The highest BCUT2D eigenvalue weighted by Crippen LogP contribution is 2.16. The van der Waals surface area contributed by atoms with Crippen LogP contribution >= 0.6 is 0 Å². The van der Waals surface area contributed by atoms with Gasteiger partial charge in [0.2, 0.25) is 10.0 Å². The minimum absolute atomic E-state index is 0.0331. The average molecular weight is 280 g/mol. The average Bonchev–Trinajstić information content (AvgIpc) is 2.89. The summed E-state index contributed by atoms with van der Waals surface area (Å²) in [5, 5.41) is 8.83. The molecule has 102 valence electrons. The molecule has 0 aromatic heterocycles. The lowest BCUT2D eigenvalue weighted by molar-refractivity contribution is 0.114. The number of ether oxygens (including phenoxy) is 1. The first kappa shape index (κ1) is 14.0. The van der Waals surface area contributed by atoms with Gasteiger partial charge in [-0.3, -0.25) is 0 Å². The first-order valence-corrected chi connectivity index (χ1v) is 7.63. The topological polar surface area (TPSA) is 79.2 Å². The van der Waals surface area contributed by atoms with Crippen molar-refractivity contribution in [2.24, 2.45) is 0 Å². The van der Waals surface area contributed by atoms with Crippen molar-refractivity contribution < 1.29 is 13.2 Å². The number of nitrogens with zero attached hydrogens (tertiary/aromatic N) is 1. The second kappa shape index (κ2) is 5.70. The summed E-state index contributed by atoms with van der Waals surface area (Å²) in [5.74, 6) is 0. The van der Waals surface area contributed by atoms with Gasteiger partial charge in [0, 0.05) is 13.2 Å². The molecular weight excluding hydrogens is 264 g/mol. The fourth-order valence-corrected chi connectivity index (χ4v) is 3.17. The normalized spacial score (nSPS) is 19.3. The quantitative estimate of drug-likeness (QED) is 0.902. The smallest absolute Gasteiger partial charge is 0.240 e. The van der Waals surface area contributed by atoms with Crippen molar-refractivity contribution in [3.8, 4) is 6.07 Å². The molecule has 5 nitrogen and oxygen atoms in total. The lowest BCUT2D eigenvalue weighted by Crippen LogP contribution is -2.31. The van der Waals surface area contributed by atoms with E-state index in [-0.39, 0.29) is 11.0 Å². The highest BCUT2D eigenvalue weighted by molar-refractivity contribution is 7.89. The van der Waals surface area contributed by atoms with Crippen molar-refractivity contribution in [2.45, 2.75) is 30.8 Å². The number of nitrogens with one attached hydrogen (secondary N) is 1.